The molecule has 2 heterocycles. The van der Waals surface area contributed by atoms with Crippen LogP contribution in [0.15, 0.2) is 30.3 Å². The number of benzene rings is 1. The highest BCUT2D eigenvalue weighted by atomic mass is 16.9. The third-order valence-electron chi connectivity index (χ3n) is 4.73. The molecule has 6 atom stereocenters. The fraction of sp³-hybridized carbons (Fsp3) is 0.588. The van der Waals surface area contributed by atoms with Crippen LogP contribution in [0.3, 0.4) is 0 Å². The molecule has 2 saturated heterocycles. The van der Waals surface area contributed by atoms with Gasteiger partial charge >= 0.3 is 0 Å². The lowest BCUT2D eigenvalue weighted by atomic mass is 10.1. The Balaban J connectivity index is 1.53. The summed E-state index contributed by atoms with van der Waals surface area (Å²) in [5, 5.41) is 19.1. The summed E-state index contributed by atoms with van der Waals surface area (Å²) in [7, 11) is 0. The Morgan fingerprint density at radius 2 is 2.00 bits per heavy atom. The number of hydrogen-bond donors (Lipinski definition) is 1. The van der Waals surface area contributed by atoms with Crippen LogP contribution in [0, 0.1) is 23.2 Å². The number of aliphatic hydroxyl groups is 1. The topological polar surface area (TPSA) is 80.9 Å². The first-order valence-electron chi connectivity index (χ1n) is 7.76. The fourth-order valence-electron chi connectivity index (χ4n) is 3.75. The molecule has 6 heteroatoms. The van der Waals surface area contributed by atoms with Gasteiger partial charge < -0.3 is 24.1 Å². The quantitative estimate of drug-likeness (QED) is 0.848. The Morgan fingerprint density at radius 3 is 2.70 bits per heavy atom. The molecule has 1 aromatic carbocycles. The second-order valence-corrected chi connectivity index (χ2v) is 6.71. The van der Waals surface area contributed by atoms with Gasteiger partial charge in [-0.1, -0.05) is 30.3 Å². The van der Waals surface area contributed by atoms with E-state index in [1.807, 2.05) is 50.2 Å². The van der Waals surface area contributed by atoms with Crippen molar-refractivity contribution < 1.29 is 24.1 Å². The standard InChI is InChI=1S/C17H19NO5/c1-16(2)21-14-13-12(11(19)8-18)17(13,23-15(14)22-16)20-9-10-6-4-3-5-7-10/h3-7,11-15,19H,9H2,1-2H3/t11-,12+,13?,14?,15-,17-/m0/s1. The predicted molar refractivity (Wildman–Crippen MR) is 77.5 cm³/mol. The lowest BCUT2D eigenvalue weighted by Gasteiger charge is -2.23. The van der Waals surface area contributed by atoms with Gasteiger partial charge in [0, 0.05) is 0 Å². The van der Waals surface area contributed by atoms with Crippen LogP contribution in [-0.4, -0.2) is 35.2 Å². The van der Waals surface area contributed by atoms with Gasteiger partial charge in [0.1, 0.15) is 12.2 Å². The Labute approximate surface area is 134 Å². The minimum atomic E-state index is -1.15. The van der Waals surface area contributed by atoms with Gasteiger partial charge in [-0.3, -0.25) is 0 Å². The maximum atomic E-state index is 10.00. The molecule has 0 aromatic heterocycles. The van der Waals surface area contributed by atoms with Crippen LogP contribution in [0.25, 0.3) is 0 Å². The lowest BCUT2D eigenvalue weighted by molar-refractivity contribution is -0.272. The van der Waals surface area contributed by atoms with E-state index in [4.69, 9.17) is 24.2 Å². The van der Waals surface area contributed by atoms with E-state index >= 15 is 0 Å². The summed E-state index contributed by atoms with van der Waals surface area (Å²) in [6, 6.07) is 11.6. The van der Waals surface area contributed by atoms with Crippen LogP contribution < -0.4 is 0 Å². The molecule has 1 saturated carbocycles. The zero-order valence-corrected chi connectivity index (χ0v) is 13.0. The Bertz CT molecular complexity index is 642. The second-order valence-electron chi connectivity index (χ2n) is 6.71. The van der Waals surface area contributed by atoms with Gasteiger partial charge in [-0.05, 0) is 19.4 Å². The third kappa shape index (κ3) is 2.28. The molecule has 0 spiro atoms. The SMILES string of the molecule is CC1(C)OC2C3[C@@H]([C@@H](O)C#N)[C@]3(OCc3ccccc3)O[C@@H]2O1. The molecule has 1 aliphatic carbocycles. The zero-order valence-electron chi connectivity index (χ0n) is 13.0. The molecular weight excluding hydrogens is 298 g/mol. The largest absolute Gasteiger partial charge is 0.378 e. The number of nitrogens with zero attached hydrogens (tertiary/aromatic N) is 1. The van der Waals surface area contributed by atoms with Crippen molar-refractivity contribution in [2.24, 2.45) is 11.8 Å². The molecule has 4 rings (SSSR count). The molecule has 0 amide bonds. The van der Waals surface area contributed by atoms with Crippen molar-refractivity contribution in [1.82, 2.24) is 0 Å². The van der Waals surface area contributed by atoms with Crippen molar-refractivity contribution in [3.05, 3.63) is 35.9 Å². The number of nitriles is 1. The molecule has 2 aliphatic heterocycles. The number of aliphatic hydroxyl groups excluding tert-OH is 1. The van der Waals surface area contributed by atoms with Gasteiger partial charge in [-0.2, -0.15) is 5.26 Å². The lowest BCUT2D eigenvalue weighted by Crippen LogP contribution is -2.32. The molecular formula is C17H19NO5. The van der Waals surface area contributed by atoms with Crippen LogP contribution in [0.2, 0.25) is 0 Å². The van der Waals surface area contributed by atoms with Crippen molar-refractivity contribution in [1.29, 1.82) is 5.26 Å². The average Bonchev–Trinajstić information content (AvgIpc) is 2.93. The molecule has 3 aliphatic rings. The molecule has 1 N–H and O–H groups in total. The Hall–Kier alpha value is -1.49. The maximum absolute atomic E-state index is 10.00. The van der Waals surface area contributed by atoms with E-state index in [2.05, 4.69) is 0 Å². The summed E-state index contributed by atoms with van der Waals surface area (Å²) in [6.07, 6.45) is -1.99. The maximum Gasteiger partial charge on any atom is 0.190 e. The molecule has 3 fully saturated rings. The molecule has 2 unspecified atom stereocenters. The van der Waals surface area contributed by atoms with E-state index < -0.39 is 29.9 Å². The first-order chi connectivity index (χ1) is 11.0. The highest BCUT2D eigenvalue weighted by molar-refractivity contribution is 5.23. The highest BCUT2D eigenvalue weighted by Gasteiger charge is 2.82. The number of fused-ring (bicyclic) bond motifs is 3. The van der Waals surface area contributed by atoms with Crippen LogP contribution in [0.5, 0.6) is 0 Å². The van der Waals surface area contributed by atoms with Crippen molar-refractivity contribution in [3.63, 3.8) is 0 Å². The third-order valence-corrected chi connectivity index (χ3v) is 4.73. The van der Waals surface area contributed by atoms with E-state index in [-0.39, 0.29) is 12.0 Å². The normalized spacial score (nSPS) is 41.0. The van der Waals surface area contributed by atoms with E-state index in [1.165, 1.54) is 0 Å². The van der Waals surface area contributed by atoms with E-state index in [0.29, 0.717) is 6.61 Å². The second kappa shape index (κ2) is 5.00. The first-order valence-corrected chi connectivity index (χ1v) is 7.76. The molecule has 23 heavy (non-hydrogen) atoms. The highest BCUT2D eigenvalue weighted by Crippen LogP contribution is 2.66. The number of ether oxygens (including phenoxy) is 4. The number of hydrogen-bond acceptors (Lipinski definition) is 6. The van der Waals surface area contributed by atoms with E-state index in [0.717, 1.165) is 5.56 Å². The summed E-state index contributed by atoms with van der Waals surface area (Å²) < 4.78 is 23.6. The molecule has 1 aromatic rings. The summed E-state index contributed by atoms with van der Waals surface area (Å²) in [6.45, 7) is 3.98. The predicted octanol–water partition coefficient (Wildman–Crippen LogP) is 1.54. The van der Waals surface area contributed by atoms with E-state index in [9.17, 15) is 5.11 Å². The number of rotatable bonds is 4. The van der Waals surface area contributed by atoms with Crippen molar-refractivity contribution in [2.45, 2.75) is 50.5 Å². The average molecular weight is 317 g/mol. The van der Waals surface area contributed by atoms with Gasteiger partial charge in [0.25, 0.3) is 0 Å². The summed E-state index contributed by atoms with van der Waals surface area (Å²) >= 11 is 0. The summed E-state index contributed by atoms with van der Waals surface area (Å²) in [5.41, 5.74) is 1.00. The van der Waals surface area contributed by atoms with Crippen molar-refractivity contribution >= 4 is 0 Å². The smallest absolute Gasteiger partial charge is 0.190 e. The Kier molecular flexibility index (Phi) is 3.28. The molecule has 122 valence electrons. The molecule has 0 radical (unpaired) electrons. The van der Waals surface area contributed by atoms with Crippen molar-refractivity contribution in [3.8, 4) is 6.07 Å². The van der Waals surface area contributed by atoms with Gasteiger partial charge in [0.2, 0.25) is 0 Å². The monoisotopic (exact) mass is 317 g/mol. The van der Waals surface area contributed by atoms with Gasteiger partial charge in [0.05, 0.1) is 24.5 Å². The minimum Gasteiger partial charge on any atom is -0.378 e. The summed E-state index contributed by atoms with van der Waals surface area (Å²) in [5.74, 6) is -2.36. The van der Waals surface area contributed by atoms with Gasteiger partial charge in [-0.25, -0.2) is 0 Å². The fourth-order valence-corrected chi connectivity index (χ4v) is 3.75. The van der Waals surface area contributed by atoms with Crippen LogP contribution >= 0.6 is 0 Å². The van der Waals surface area contributed by atoms with Gasteiger partial charge in [-0.15, -0.1) is 0 Å². The zero-order chi connectivity index (χ0) is 16.2. The van der Waals surface area contributed by atoms with Crippen LogP contribution in [0.4, 0.5) is 0 Å². The molecule has 6 nitrogen and oxygen atoms in total. The van der Waals surface area contributed by atoms with Crippen molar-refractivity contribution in [2.75, 3.05) is 0 Å². The Morgan fingerprint density at radius 1 is 1.26 bits per heavy atom. The van der Waals surface area contributed by atoms with Gasteiger partial charge in [0.15, 0.2) is 17.9 Å². The van der Waals surface area contributed by atoms with Crippen LogP contribution in [0.1, 0.15) is 19.4 Å². The van der Waals surface area contributed by atoms with Crippen LogP contribution in [-0.2, 0) is 25.6 Å². The minimum absolute atomic E-state index is 0.201. The van der Waals surface area contributed by atoms with E-state index in [1.54, 1.807) is 0 Å². The summed E-state index contributed by atoms with van der Waals surface area (Å²) in [4.78, 5) is 0. The molecule has 0 bridgehead atoms. The first kappa shape index (κ1) is 15.1.